The first-order chi connectivity index (χ1) is 16.6. The zero-order chi connectivity index (χ0) is 23.5. The van der Waals surface area contributed by atoms with E-state index in [1.807, 2.05) is 85.8 Å². The number of para-hydroxylation sites is 1. The average Bonchev–Trinajstić information content (AvgIpc) is 3.48. The standard InChI is InChI=1S/C26H21N5O2S/c1-18-12-14-23(34-18)21-13-15-26(33)30(28-21)17-25(32)27-24-16-22(19-8-4-2-5-9-19)29-31(24)20-10-6-3-7-11-20/h2-16H,17H2,1H3,(H,27,32). The van der Waals surface area contributed by atoms with Crippen LogP contribution in [-0.2, 0) is 11.3 Å². The van der Waals surface area contributed by atoms with Crippen LogP contribution in [0.5, 0.6) is 0 Å². The topological polar surface area (TPSA) is 81.8 Å². The number of thiophene rings is 1. The Hall–Kier alpha value is -4.30. The molecule has 0 saturated carbocycles. The van der Waals surface area contributed by atoms with Gasteiger partial charge in [0.05, 0.1) is 16.3 Å². The highest BCUT2D eigenvalue weighted by atomic mass is 32.1. The summed E-state index contributed by atoms with van der Waals surface area (Å²) in [5, 5.41) is 12.0. The van der Waals surface area contributed by atoms with E-state index < -0.39 is 0 Å². The monoisotopic (exact) mass is 467 g/mol. The molecule has 34 heavy (non-hydrogen) atoms. The Balaban J connectivity index is 1.44. The van der Waals surface area contributed by atoms with Gasteiger partial charge in [-0.15, -0.1) is 11.3 Å². The van der Waals surface area contributed by atoms with Crippen LogP contribution in [0.25, 0.3) is 27.5 Å². The Morgan fingerprint density at radius 1 is 0.882 bits per heavy atom. The lowest BCUT2D eigenvalue weighted by molar-refractivity contribution is -0.117. The van der Waals surface area contributed by atoms with Crippen molar-refractivity contribution in [3.05, 3.63) is 106 Å². The van der Waals surface area contributed by atoms with Crippen molar-refractivity contribution in [1.29, 1.82) is 0 Å². The van der Waals surface area contributed by atoms with Gasteiger partial charge in [-0.1, -0.05) is 48.5 Å². The molecular weight excluding hydrogens is 446 g/mol. The number of rotatable bonds is 6. The van der Waals surface area contributed by atoms with Crippen LogP contribution in [0.2, 0.25) is 0 Å². The third-order valence-electron chi connectivity index (χ3n) is 5.20. The predicted octanol–water partition coefficient (Wildman–Crippen LogP) is 4.77. The molecule has 0 bridgehead atoms. The number of hydrogen-bond donors (Lipinski definition) is 1. The van der Waals surface area contributed by atoms with E-state index in [2.05, 4.69) is 10.4 Å². The van der Waals surface area contributed by atoms with Crippen molar-refractivity contribution in [2.75, 3.05) is 5.32 Å². The van der Waals surface area contributed by atoms with E-state index in [0.29, 0.717) is 11.5 Å². The first-order valence-corrected chi connectivity index (χ1v) is 11.5. The summed E-state index contributed by atoms with van der Waals surface area (Å²) in [5.74, 6) is 0.138. The van der Waals surface area contributed by atoms with Gasteiger partial charge >= 0.3 is 0 Å². The molecule has 0 saturated heterocycles. The number of aryl methyl sites for hydroxylation is 1. The lowest BCUT2D eigenvalue weighted by Gasteiger charge is -2.10. The highest BCUT2D eigenvalue weighted by molar-refractivity contribution is 7.15. The molecule has 5 rings (SSSR count). The Kier molecular flexibility index (Phi) is 5.88. The molecule has 3 heterocycles. The first-order valence-electron chi connectivity index (χ1n) is 10.7. The van der Waals surface area contributed by atoms with Gasteiger partial charge in [-0.25, -0.2) is 9.36 Å². The number of aromatic nitrogens is 4. The minimum atomic E-state index is -0.370. The zero-order valence-corrected chi connectivity index (χ0v) is 19.2. The first kappa shape index (κ1) is 21.5. The van der Waals surface area contributed by atoms with Gasteiger partial charge in [-0.2, -0.15) is 10.2 Å². The van der Waals surface area contributed by atoms with Gasteiger partial charge in [0.25, 0.3) is 5.56 Å². The fraction of sp³-hybridized carbons (Fsp3) is 0.0769. The van der Waals surface area contributed by atoms with Gasteiger partial charge in [0.2, 0.25) is 5.91 Å². The maximum atomic E-state index is 13.0. The van der Waals surface area contributed by atoms with Gasteiger partial charge in [0.15, 0.2) is 0 Å². The third-order valence-corrected chi connectivity index (χ3v) is 6.22. The van der Waals surface area contributed by atoms with E-state index in [-0.39, 0.29) is 18.0 Å². The molecule has 1 N–H and O–H groups in total. The van der Waals surface area contributed by atoms with E-state index in [4.69, 9.17) is 5.10 Å². The molecular formula is C26H21N5O2S. The van der Waals surface area contributed by atoms with Crippen molar-refractivity contribution in [1.82, 2.24) is 19.6 Å². The van der Waals surface area contributed by atoms with E-state index in [9.17, 15) is 9.59 Å². The predicted molar refractivity (Wildman–Crippen MR) is 134 cm³/mol. The van der Waals surface area contributed by atoms with Crippen LogP contribution in [-0.4, -0.2) is 25.5 Å². The molecule has 0 aliphatic carbocycles. The molecule has 0 radical (unpaired) electrons. The quantitative estimate of drug-likeness (QED) is 0.390. The third kappa shape index (κ3) is 4.57. The molecule has 3 aromatic heterocycles. The number of amides is 1. The molecule has 2 aromatic carbocycles. The molecule has 8 heteroatoms. The molecule has 7 nitrogen and oxygen atoms in total. The lowest BCUT2D eigenvalue weighted by Crippen LogP contribution is -2.29. The highest BCUT2D eigenvalue weighted by Crippen LogP contribution is 2.26. The van der Waals surface area contributed by atoms with Crippen LogP contribution in [0.4, 0.5) is 5.82 Å². The van der Waals surface area contributed by atoms with E-state index in [1.165, 1.54) is 10.7 Å². The number of carbonyl (C=O) groups excluding carboxylic acids is 1. The fourth-order valence-corrected chi connectivity index (χ4v) is 4.40. The second-order valence-corrected chi connectivity index (χ2v) is 8.99. The van der Waals surface area contributed by atoms with Gasteiger partial charge in [0, 0.05) is 22.6 Å². The van der Waals surface area contributed by atoms with Crippen molar-refractivity contribution >= 4 is 23.1 Å². The van der Waals surface area contributed by atoms with E-state index >= 15 is 0 Å². The van der Waals surface area contributed by atoms with Crippen molar-refractivity contribution in [3.63, 3.8) is 0 Å². The van der Waals surface area contributed by atoms with Crippen LogP contribution >= 0.6 is 11.3 Å². The minimum absolute atomic E-state index is 0.211. The van der Waals surface area contributed by atoms with Crippen molar-refractivity contribution < 1.29 is 4.79 Å². The Morgan fingerprint density at radius 2 is 1.62 bits per heavy atom. The van der Waals surface area contributed by atoms with Crippen LogP contribution < -0.4 is 10.9 Å². The zero-order valence-electron chi connectivity index (χ0n) is 18.4. The number of hydrogen-bond acceptors (Lipinski definition) is 5. The summed E-state index contributed by atoms with van der Waals surface area (Å²) >= 11 is 1.59. The van der Waals surface area contributed by atoms with Crippen LogP contribution in [0.1, 0.15) is 4.88 Å². The van der Waals surface area contributed by atoms with E-state index in [0.717, 1.165) is 26.7 Å². The summed E-state index contributed by atoms with van der Waals surface area (Å²) in [6.07, 6.45) is 0. The van der Waals surface area contributed by atoms with Crippen molar-refractivity contribution in [3.8, 4) is 27.5 Å². The Bertz CT molecular complexity index is 1500. The molecule has 0 fully saturated rings. The number of nitrogens with zero attached hydrogens (tertiary/aromatic N) is 4. The summed E-state index contributed by atoms with van der Waals surface area (Å²) < 4.78 is 2.86. The molecule has 0 aliphatic rings. The van der Waals surface area contributed by atoms with Gasteiger partial charge < -0.3 is 5.32 Å². The van der Waals surface area contributed by atoms with Crippen molar-refractivity contribution in [2.24, 2.45) is 0 Å². The minimum Gasteiger partial charge on any atom is -0.309 e. The fourth-order valence-electron chi connectivity index (χ4n) is 3.57. The maximum absolute atomic E-state index is 13.0. The number of nitrogens with one attached hydrogen (secondary N) is 1. The number of anilines is 1. The Morgan fingerprint density at radius 3 is 2.32 bits per heavy atom. The second kappa shape index (κ2) is 9.29. The van der Waals surface area contributed by atoms with Crippen LogP contribution in [0.15, 0.2) is 95.8 Å². The average molecular weight is 468 g/mol. The van der Waals surface area contributed by atoms with Crippen LogP contribution in [0.3, 0.4) is 0 Å². The lowest BCUT2D eigenvalue weighted by atomic mass is 10.2. The molecule has 0 unspecified atom stereocenters. The normalized spacial score (nSPS) is 10.9. The summed E-state index contributed by atoms with van der Waals surface area (Å²) in [5.41, 5.74) is 2.79. The number of carbonyl (C=O) groups is 1. The van der Waals surface area contributed by atoms with E-state index in [1.54, 1.807) is 22.1 Å². The Labute approximate surface area is 199 Å². The molecule has 0 aliphatic heterocycles. The van der Waals surface area contributed by atoms with Crippen molar-refractivity contribution in [2.45, 2.75) is 13.5 Å². The maximum Gasteiger partial charge on any atom is 0.267 e. The summed E-state index contributed by atoms with van der Waals surface area (Å²) in [6, 6.07) is 28.2. The molecule has 5 aromatic rings. The van der Waals surface area contributed by atoms with Gasteiger partial charge in [-0.3, -0.25) is 9.59 Å². The number of benzene rings is 2. The molecule has 1 amide bonds. The smallest absolute Gasteiger partial charge is 0.267 e. The summed E-state index contributed by atoms with van der Waals surface area (Å²) in [4.78, 5) is 27.4. The highest BCUT2D eigenvalue weighted by Gasteiger charge is 2.15. The molecule has 168 valence electrons. The van der Waals surface area contributed by atoms with Crippen LogP contribution in [0, 0.1) is 6.92 Å². The van der Waals surface area contributed by atoms with Gasteiger partial charge in [0.1, 0.15) is 18.1 Å². The summed E-state index contributed by atoms with van der Waals surface area (Å²) in [6.45, 7) is 1.80. The largest absolute Gasteiger partial charge is 0.309 e. The second-order valence-electron chi connectivity index (χ2n) is 7.70. The van der Waals surface area contributed by atoms with Gasteiger partial charge in [-0.05, 0) is 37.3 Å². The summed E-state index contributed by atoms with van der Waals surface area (Å²) in [7, 11) is 0. The molecule has 0 atom stereocenters. The molecule has 0 spiro atoms. The SMILES string of the molecule is Cc1ccc(-c2ccc(=O)n(CC(=O)Nc3cc(-c4ccccc4)nn3-c3ccccc3)n2)s1.